The van der Waals surface area contributed by atoms with E-state index < -0.39 is 21.9 Å². The number of carbonyl (C=O) groups is 1. The van der Waals surface area contributed by atoms with E-state index in [0.29, 0.717) is 19.3 Å². The molecule has 8 heteroatoms. The molecule has 7 nitrogen and oxygen atoms in total. The van der Waals surface area contributed by atoms with Crippen molar-refractivity contribution in [3.05, 3.63) is 0 Å². The van der Waals surface area contributed by atoms with Crippen molar-refractivity contribution in [3.8, 4) is 0 Å². The average Bonchev–Trinajstić information content (AvgIpc) is 2.38. The summed E-state index contributed by atoms with van der Waals surface area (Å²) in [5.41, 5.74) is -0.852. The lowest BCUT2D eigenvalue weighted by molar-refractivity contribution is 0.0465. The first-order chi connectivity index (χ1) is 7.77. The van der Waals surface area contributed by atoms with E-state index >= 15 is 0 Å². The summed E-state index contributed by atoms with van der Waals surface area (Å²) >= 11 is 0. The third kappa shape index (κ3) is 4.14. The summed E-state index contributed by atoms with van der Waals surface area (Å²) in [5.74, 6) is 0. The van der Waals surface area contributed by atoms with Crippen LogP contribution < -0.4 is 4.72 Å². The molecule has 0 aromatic carbocycles. The van der Waals surface area contributed by atoms with Crippen LogP contribution in [0.2, 0.25) is 0 Å². The van der Waals surface area contributed by atoms with Gasteiger partial charge in [-0.2, -0.15) is 12.7 Å². The van der Waals surface area contributed by atoms with Gasteiger partial charge in [0.15, 0.2) is 0 Å². The maximum absolute atomic E-state index is 11.8. The highest BCUT2D eigenvalue weighted by atomic mass is 32.2. The third-order valence-electron chi connectivity index (χ3n) is 2.76. The Morgan fingerprint density at radius 3 is 2.65 bits per heavy atom. The summed E-state index contributed by atoms with van der Waals surface area (Å²) in [6.45, 7) is 2.14. The SMILES string of the molecule is COC(=O)NS(=O)(=O)N1CCCC(C)(O)CC1. The van der Waals surface area contributed by atoms with Crippen LogP contribution in [0, 0.1) is 0 Å². The monoisotopic (exact) mass is 266 g/mol. The molecule has 0 saturated carbocycles. The predicted octanol–water partition coefficient (Wildman–Crippen LogP) is -0.176. The summed E-state index contributed by atoms with van der Waals surface area (Å²) in [5, 5.41) is 9.83. The molecule has 0 bridgehead atoms. The molecule has 1 rings (SSSR count). The van der Waals surface area contributed by atoms with E-state index in [1.165, 1.54) is 0 Å². The van der Waals surface area contributed by atoms with Crippen molar-refractivity contribution in [2.75, 3.05) is 20.2 Å². The van der Waals surface area contributed by atoms with E-state index in [1.54, 1.807) is 11.6 Å². The van der Waals surface area contributed by atoms with Crippen molar-refractivity contribution in [1.82, 2.24) is 9.03 Å². The maximum Gasteiger partial charge on any atom is 0.421 e. The fourth-order valence-electron chi connectivity index (χ4n) is 1.69. The summed E-state index contributed by atoms with van der Waals surface area (Å²) in [6.07, 6.45) is 0.419. The van der Waals surface area contributed by atoms with Gasteiger partial charge in [0.2, 0.25) is 0 Å². The van der Waals surface area contributed by atoms with Crippen LogP contribution in [0.4, 0.5) is 4.79 Å². The molecule has 0 aliphatic carbocycles. The van der Waals surface area contributed by atoms with E-state index in [9.17, 15) is 18.3 Å². The molecule has 1 atom stereocenters. The maximum atomic E-state index is 11.8. The number of ether oxygens (including phenoxy) is 1. The van der Waals surface area contributed by atoms with Gasteiger partial charge in [-0.15, -0.1) is 0 Å². The first kappa shape index (κ1) is 14.2. The number of carbonyl (C=O) groups excluding carboxylic acids is 1. The molecule has 17 heavy (non-hydrogen) atoms. The van der Waals surface area contributed by atoms with Gasteiger partial charge in [0.25, 0.3) is 0 Å². The molecule has 1 saturated heterocycles. The zero-order valence-electron chi connectivity index (χ0n) is 9.97. The van der Waals surface area contributed by atoms with Gasteiger partial charge in [-0.3, -0.25) is 0 Å². The quantitative estimate of drug-likeness (QED) is 0.723. The van der Waals surface area contributed by atoms with Crippen LogP contribution in [0.25, 0.3) is 0 Å². The molecule has 100 valence electrons. The molecule has 1 fully saturated rings. The average molecular weight is 266 g/mol. The van der Waals surface area contributed by atoms with Crippen LogP contribution in [0.15, 0.2) is 0 Å². The third-order valence-corrected chi connectivity index (χ3v) is 4.23. The number of methoxy groups -OCH3 is 1. The standard InChI is InChI=1S/C9H18N2O5S/c1-9(13)4-3-6-11(7-5-9)17(14,15)10-8(12)16-2/h13H,3-7H2,1-2H3,(H,10,12). The Bertz CT molecular complexity index is 379. The largest absolute Gasteiger partial charge is 0.452 e. The highest BCUT2D eigenvalue weighted by Crippen LogP contribution is 2.22. The van der Waals surface area contributed by atoms with E-state index in [0.717, 1.165) is 11.4 Å². The molecule has 1 aliphatic heterocycles. The minimum Gasteiger partial charge on any atom is -0.452 e. The fourth-order valence-corrected chi connectivity index (χ4v) is 2.81. The van der Waals surface area contributed by atoms with Crippen molar-refractivity contribution in [1.29, 1.82) is 0 Å². The predicted molar refractivity (Wildman–Crippen MR) is 60.5 cm³/mol. The minimum absolute atomic E-state index is 0.180. The zero-order valence-corrected chi connectivity index (χ0v) is 10.8. The highest BCUT2D eigenvalue weighted by molar-refractivity contribution is 7.87. The van der Waals surface area contributed by atoms with Crippen molar-refractivity contribution < 1.29 is 23.1 Å². The molecule has 1 amide bonds. The Labute approximate surface area is 101 Å². The summed E-state index contributed by atoms with van der Waals surface area (Å²) in [7, 11) is -2.78. The normalized spacial score (nSPS) is 27.2. The van der Waals surface area contributed by atoms with E-state index in [1.807, 2.05) is 0 Å². The lowest BCUT2D eigenvalue weighted by Gasteiger charge is -2.21. The number of hydrogen-bond donors (Lipinski definition) is 2. The van der Waals surface area contributed by atoms with Gasteiger partial charge >= 0.3 is 16.3 Å². The van der Waals surface area contributed by atoms with Gasteiger partial charge in [-0.1, -0.05) is 0 Å². The molecular formula is C9H18N2O5S. The highest BCUT2D eigenvalue weighted by Gasteiger charge is 2.31. The van der Waals surface area contributed by atoms with Crippen LogP contribution in [0.1, 0.15) is 26.2 Å². The first-order valence-corrected chi connectivity index (χ1v) is 6.79. The number of aliphatic hydroxyl groups is 1. The Morgan fingerprint density at radius 2 is 2.06 bits per heavy atom. The number of amides is 1. The molecule has 0 spiro atoms. The topological polar surface area (TPSA) is 95.9 Å². The van der Waals surface area contributed by atoms with Crippen molar-refractivity contribution in [2.45, 2.75) is 31.8 Å². The van der Waals surface area contributed by atoms with Crippen LogP contribution >= 0.6 is 0 Å². The number of nitrogens with zero attached hydrogens (tertiary/aromatic N) is 1. The van der Waals surface area contributed by atoms with Gasteiger partial charge in [-0.25, -0.2) is 9.52 Å². The molecule has 0 aromatic heterocycles. The Kier molecular flexibility index (Phi) is 4.34. The fraction of sp³-hybridized carbons (Fsp3) is 0.889. The molecule has 1 heterocycles. The van der Waals surface area contributed by atoms with Crippen LogP contribution in [0.5, 0.6) is 0 Å². The van der Waals surface area contributed by atoms with Gasteiger partial charge in [0, 0.05) is 13.1 Å². The van der Waals surface area contributed by atoms with Crippen LogP contribution in [-0.2, 0) is 14.9 Å². The minimum atomic E-state index is -3.87. The Balaban J connectivity index is 2.69. The summed E-state index contributed by atoms with van der Waals surface area (Å²) in [6, 6.07) is 0. The molecule has 1 unspecified atom stereocenters. The Hall–Kier alpha value is -0.860. The summed E-state index contributed by atoms with van der Waals surface area (Å²) in [4.78, 5) is 10.9. The molecule has 0 radical (unpaired) electrons. The van der Waals surface area contributed by atoms with Crippen molar-refractivity contribution >= 4 is 16.3 Å². The molecular weight excluding hydrogens is 248 g/mol. The van der Waals surface area contributed by atoms with Gasteiger partial charge in [-0.05, 0) is 26.2 Å². The van der Waals surface area contributed by atoms with Crippen molar-refractivity contribution in [3.63, 3.8) is 0 Å². The van der Waals surface area contributed by atoms with E-state index in [4.69, 9.17) is 0 Å². The van der Waals surface area contributed by atoms with Gasteiger partial charge < -0.3 is 9.84 Å². The van der Waals surface area contributed by atoms with Gasteiger partial charge in [0.05, 0.1) is 12.7 Å². The second-order valence-electron chi connectivity index (χ2n) is 4.35. The van der Waals surface area contributed by atoms with Crippen LogP contribution in [0.3, 0.4) is 0 Å². The van der Waals surface area contributed by atoms with E-state index in [-0.39, 0.29) is 13.1 Å². The molecule has 0 aromatic rings. The number of rotatable bonds is 2. The van der Waals surface area contributed by atoms with E-state index in [2.05, 4.69) is 4.74 Å². The second-order valence-corrected chi connectivity index (χ2v) is 6.02. The molecule has 1 aliphatic rings. The van der Waals surface area contributed by atoms with Crippen molar-refractivity contribution in [2.24, 2.45) is 0 Å². The lowest BCUT2D eigenvalue weighted by atomic mass is 9.98. The smallest absolute Gasteiger partial charge is 0.421 e. The zero-order chi connectivity index (χ0) is 13.1. The first-order valence-electron chi connectivity index (χ1n) is 5.35. The Morgan fingerprint density at radius 1 is 1.41 bits per heavy atom. The number of hydrogen-bond acceptors (Lipinski definition) is 5. The van der Waals surface area contributed by atoms with Gasteiger partial charge in [0.1, 0.15) is 0 Å². The number of nitrogens with one attached hydrogen (secondary N) is 1. The van der Waals surface area contributed by atoms with Crippen LogP contribution in [-0.4, -0.2) is 49.7 Å². The lowest BCUT2D eigenvalue weighted by Crippen LogP contribution is -2.44. The summed E-state index contributed by atoms with van der Waals surface area (Å²) < 4.78 is 30.7. The molecule has 2 N–H and O–H groups in total. The second kappa shape index (κ2) is 5.19.